The van der Waals surface area contributed by atoms with Crippen LogP contribution in [-0.2, 0) is 27.4 Å². The first-order valence-corrected chi connectivity index (χ1v) is 14.7. The van der Waals surface area contributed by atoms with E-state index < -0.39 is 9.84 Å². The molecule has 0 radical (unpaired) electrons. The Bertz CT molecular complexity index is 1580. The zero-order valence-electron chi connectivity index (χ0n) is 22.1. The molecule has 0 unspecified atom stereocenters. The average Bonchev–Trinajstić information content (AvgIpc) is 3.53. The number of hydrogen-bond donors (Lipinski definition) is 1. The number of anilines is 2. The smallest absolute Gasteiger partial charge is 0.177 e. The summed E-state index contributed by atoms with van der Waals surface area (Å²) in [5, 5.41) is 12.9. The van der Waals surface area contributed by atoms with Gasteiger partial charge in [0.2, 0.25) is 0 Å². The van der Waals surface area contributed by atoms with Gasteiger partial charge in [0.25, 0.3) is 0 Å². The SMILES string of the molecule is CC1=Nc2c(Nc3ccc([C@@H]4CCCO4)cc3S(C)(=O)=O)cc(Cc3ccc(C(C)C)c(C#N)n3)nc2C1. The number of nitrogens with one attached hydrogen (secondary N) is 1. The van der Waals surface area contributed by atoms with Crippen LogP contribution in [0.5, 0.6) is 0 Å². The van der Waals surface area contributed by atoms with Gasteiger partial charge in [-0.1, -0.05) is 26.0 Å². The van der Waals surface area contributed by atoms with Crippen LogP contribution in [0.4, 0.5) is 17.1 Å². The maximum Gasteiger partial charge on any atom is 0.177 e. The molecule has 9 heteroatoms. The average molecular weight is 530 g/mol. The Hall–Kier alpha value is -3.61. The van der Waals surface area contributed by atoms with Gasteiger partial charge in [-0.3, -0.25) is 9.98 Å². The predicted molar refractivity (Wildman–Crippen MR) is 147 cm³/mol. The Kier molecular flexibility index (Phi) is 7.03. The minimum Gasteiger partial charge on any atom is -0.374 e. The molecule has 2 aliphatic heterocycles. The fourth-order valence-corrected chi connectivity index (χ4v) is 5.91. The van der Waals surface area contributed by atoms with Gasteiger partial charge in [0, 0.05) is 42.8 Å². The third kappa shape index (κ3) is 5.33. The van der Waals surface area contributed by atoms with Gasteiger partial charge in [-0.15, -0.1) is 0 Å². The molecule has 2 aliphatic rings. The number of benzene rings is 1. The molecule has 2 aromatic heterocycles. The Balaban J connectivity index is 1.52. The second kappa shape index (κ2) is 10.3. The summed E-state index contributed by atoms with van der Waals surface area (Å²) in [6.45, 7) is 6.72. The number of aliphatic imine (C=N–C) groups is 1. The van der Waals surface area contributed by atoms with Crippen LogP contribution in [0.3, 0.4) is 0 Å². The Morgan fingerprint density at radius 3 is 2.63 bits per heavy atom. The number of hydrogen-bond acceptors (Lipinski definition) is 8. The highest BCUT2D eigenvalue weighted by atomic mass is 32.2. The van der Waals surface area contributed by atoms with Crippen LogP contribution in [-0.4, -0.2) is 37.0 Å². The van der Waals surface area contributed by atoms with Gasteiger partial charge in [-0.2, -0.15) is 5.26 Å². The van der Waals surface area contributed by atoms with Crippen molar-refractivity contribution in [1.82, 2.24) is 9.97 Å². The van der Waals surface area contributed by atoms with Crippen LogP contribution in [0, 0.1) is 11.3 Å². The molecule has 1 fully saturated rings. The van der Waals surface area contributed by atoms with E-state index in [0.717, 1.165) is 52.4 Å². The van der Waals surface area contributed by atoms with E-state index in [1.54, 1.807) is 12.1 Å². The first-order chi connectivity index (χ1) is 18.1. The summed E-state index contributed by atoms with van der Waals surface area (Å²) >= 11 is 0. The molecule has 0 amide bonds. The fraction of sp³-hybridized carbons (Fsp3) is 0.379. The van der Waals surface area contributed by atoms with E-state index >= 15 is 0 Å². The molecule has 0 bridgehead atoms. The van der Waals surface area contributed by atoms with Crippen LogP contribution in [0.2, 0.25) is 0 Å². The molecule has 0 spiro atoms. The van der Waals surface area contributed by atoms with Crippen molar-refractivity contribution in [2.24, 2.45) is 4.99 Å². The summed E-state index contributed by atoms with van der Waals surface area (Å²) in [6, 6.07) is 13.4. The number of fused-ring (bicyclic) bond motifs is 1. The van der Waals surface area contributed by atoms with E-state index in [0.29, 0.717) is 36.5 Å². The highest BCUT2D eigenvalue weighted by Crippen LogP contribution is 2.39. The summed E-state index contributed by atoms with van der Waals surface area (Å²) in [5.41, 5.74) is 7.40. The summed E-state index contributed by atoms with van der Waals surface area (Å²) < 4.78 is 31.3. The first kappa shape index (κ1) is 26.0. The highest BCUT2D eigenvalue weighted by molar-refractivity contribution is 7.90. The number of sulfone groups is 1. The number of rotatable bonds is 7. The topological polar surface area (TPSA) is 117 Å². The molecule has 8 nitrogen and oxygen atoms in total. The van der Waals surface area contributed by atoms with Crippen molar-refractivity contribution in [3.63, 3.8) is 0 Å². The predicted octanol–water partition coefficient (Wildman–Crippen LogP) is 5.71. The van der Waals surface area contributed by atoms with Crippen LogP contribution < -0.4 is 5.32 Å². The van der Waals surface area contributed by atoms with Gasteiger partial charge < -0.3 is 10.1 Å². The van der Waals surface area contributed by atoms with Gasteiger partial charge in [0.15, 0.2) is 9.84 Å². The third-order valence-corrected chi connectivity index (χ3v) is 8.03. The molecule has 1 aromatic carbocycles. The lowest BCUT2D eigenvalue weighted by Gasteiger charge is -2.17. The van der Waals surface area contributed by atoms with Crippen LogP contribution in [0.15, 0.2) is 46.3 Å². The van der Waals surface area contributed by atoms with E-state index in [1.165, 1.54) is 6.26 Å². The molecule has 4 heterocycles. The summed E-state index contributed by atoms with van der Waals surface area (Å²) in [6.07, 6.45) is 4.04. The van der Waals surface area contributed by atoms with Crippen molar-refractivity contribution >= 4 is 32.6 Å². The standard InChI is InChI=1S/C29H31N5O3S/c1-17(2)22-9-8-20(32-26(22)16-30)14-21-15-25(29-24(33-21)12-18(3)31-29)34-23-10-7-19(27-6-5-11-37-27)13-28(23)38(4,35)36/h7-10,13,15,17,27H,5-6,11-12,14H2,1-4H3,(H,33,34)/t27-/m0/s1. The maximum atomic E-state index is 12.8. The number of ether oxygens (including phenoxy) is 1. The van der Waals surface area contributed by atoms with Crippen molar-refractivity contribution in [3.8, 4) is 6.07 Å². The number of nitrogens with zero attached hydrogens (tertiary/aromatic N) is 4. The fourth-order valence-electron chi connectivity index (χ4n) is 5.04. The lowest BCUT2D eigenvalue weighted by atomic mass is 10.0. The van der Waals surface area contributed by atoms with Crippen molar-refractivity contribution in [3.05, 3.63) is 70.3 Å². The zero-order chi connectivity index (χ0) is 27.0. The van der Waals surface area contributed by atoms with Gasteiger partial charge in [0.1, 0.15) is 17.5 Å². The van der Waals surface area contributed by atoms with Gasteiger partial charge in [-0.05, 0) is 61.1 Å². The lowest BCUT2D eigenvalue weighted by Crippen LogP contribution is -2.07. The van der Waals surface area contributed by atoms with E-state index in [-0.39, 0.29) is 16.9 Å². The minimum atomic E-state index is -3.52. The Morgan fingerprint density at radius 2 is 1.95 bits per heavy atom. The Labute approximate surface area is 223 Å². The van der Waals surface area contributed by atoms with Crippen LogP contribution >= 0.6 is 0 Å². The molecule has 3 aromatic rings. The van der Waals surface area contributed by atoms with Crippen LogP contribution in [0.25, 0.3) is 0 Å². The largest absolute Gasteiger partial charge is 0.374 e. The second-order valence-corrected chi connectivity index (χ2v) is 12.3. The van der Waals surface area contributed by atoms with Gasteiger partial charge >= 0.3 is 0 Å². The van der Waals surface area contributed by atoms with Crippen molar-refractivity contribution in [2.75, 3.05) is 18.2 Å². The van der Waals surface area contributed by atoms with E-state index in [4.69, 9.17) is 14.7 Å². The first-order valence-electron chi connectivity index (χ1n) is 12.8. The zero-order valence-corrected chi connectivity index (χ0v) is 22.9. The minimum absolute atomic E-state index is 0.0820. The molecule has 0 aliphatic carbocycles. The summed E-state index contributed by atoms with van der Waals surface area (Å²) in [5.74, 6) is 0.205. The summed E-state index contributed by atoms with van der Waals surface area (Å²) in [4.78, 5) is 14.3. The lowest BCUT2D eigenvalue weighted by molar-refractivity contribution is 0.112. The van der Waals surface area contributed by atoms with Gasteiger partial charge in [-0.25, -0.2) is 13.4 Å². The van der Waals surface area contributed by atoms with E-state index in [1.807, 2.05) is 45.0 Å². The second-order valence-electron chi connectivity index (χ2n) is 10.3. The summed E-state index contributed by atoms with van der Waals surface area (Å²) in [7, 11) is -3.52. The monoisotopic (exact) mass is 529 g/mol. The van der Waals surface area contributed by atoms with Crippen LogP contribution in [0.1, 0.15) is 79.5 Å². The molecule has 1 N–H and O–H groups in total. The maximum absolute atomic E-state index is 12.8. The quantitative estimate of drug-likeness (QED) is 0.416. The Morgan fingerprint density at radius 1 is 1.13 bits per heavy atom. The van der Waals surface area contributed by atoms with Gasteiger partial charge in [0.05, 0.1) is 28.1 Å². The number of nitriles is 1. The van der Waals surface area contributed by atoms with Crippen molar-refractivity contribution < 1.29 is 13.2 Å². The molecular weight excluding hydrogens is 498 g/mol. The van der Waals surface area contributed by atoms with Crippen molar-refractivity contribution in [1.29, 1.82) is 5.26 Å². The molecule has 0 saturated carbocycles. The normalized spacial score (nSPS) is 16.8. The molecule has 196 valence electrons. The van der Waals surface area contributed by atoms with Crippen molar-refractivity contribution in [2.45, 2.75) is 63.4 Å². The third-order valence-electron chi connectivity index (χ3n) is 6.89. The molecular formula is C29H31N5O3S. The molecule has 1 saturated heterocycles. The van der Waals surface area contributed by atoms with E-state index in [9.17, 15) is 13.7 Å². The number of aromatic nitrogens is 2. The van der Waals surface area contributed by atoms with E-state index in [2.05, 4.69) is 16.4 Å². The number of pyridine rings is 2. The molecule has 1 atom stereocenters. The highest BCUT2D eigenvalue weighted by Gasteiger charge is 2.24. The molecule has 5 rings (SSSR count). The molecule has 38 heavy (non-hydrogen) atoms.